The van der Waals surface area contributed by atoms with Crippen molar-refractivity contribution in [2.75, 3.05) is 40.1 Å². The van der Waals surface area contributed by atoms with Crippen LogP contribution in [-0.2, 0) is 94.2 Å². The highest BCUT2D eigenvalue weighted by Crippen LogP contribution is 2.21. The van der Waals surface area contributed by atoms with Gasteiger partial charge in [-0.2, -0.15) is 0 Å². The first kappa shape index (κ1) is 77.9. The molecule has 0 aliphatic heterocycles. The zero-order chi connectivity index (χ0) is 69.0. The smallest absolute Gasteiger partial charge is 0.460 e. The number of nitrogens with two attached hydrogens (primary N) is 2. The van der Waals surface area contributed by atoms with E-state index in [9.17, 15) is 62.3 Å². The molecule has 2 rings (SSSR count). The molecule has 0 radical (unpaired) electrons. The Morgan fingerprint density at radius 3 is 1.81 bits per heavy atom. The lowest BCUT2D eigenvalue weighted by Crippen LogP contribution is -2.61. The number of nitrogens with zero attached hydrogens (tertiary/aromatic N) is 2. The predicted octanol–water partition coefficient (Wildman–Crippen LogP) is 1.11. The Morgan fingerprint density at radius 2 is 1.26 bits per heavy atom. The summed E-state index contributed by atoms with van der Waals surface area (Å²) in [5.74, 6) is -10.9. The molecule has 0 aromatic heterocycles. The van der Waals surface area contributed by atoms with Crippen LogP contribution in [-0.4, -0.2) is 189 Å². The number of rotatable bonds is 36. The molecule has 0 spiro atoms. The molecule has 30 heteroatoms. The lowest BCUT2D eigenvalue weighted by molar-refractivity contribution is -0.167. The zero-order valence-electron chi connectivity index (χ0n) is 54.2. The van der Waals surface area contributed by atoms with Crippen molar-refractivity contribution in [2.45, 2.75) is 175 Å². The second kappa shape index (κ2) is 38.4. The second-order valence-corrected chi connectivity index (χ2v) is 22.1. The van der Waals surface area contributed by atoms with Crippen molar-refractivity contribution in [1.29, 1.82) is 0 Å². The van der Waals surface area contributed by atoms with E-state index in [2.05, 4.69) is 43.8 Å². The molecular weight excluding hydrogens is 1190 g/mol. The lowest BCUT2D eigenvalue weighted by Gasteiger charge is -2.34. The molecule has 0 saturated carbocycles. The van der Waals surface area contributed by atoms with Crippen molar-refractivity contribution in [2.24, 2.45) is 23.3 Å². The number of hydrogen-bond acceptors (Lipinski definition) is 20. The average molecular weight is 1280 g/mol. The Labute approximate surface area is 530 Å². The van der Waals surface area contributed by atoms with E-state index < -0.39 is 162 Å². The van der Waals surface area contributed by atoms with Gasteiger partial charge in [0.2, 0.25) is 35.4 Å². The van der Waals surface area contributed by atoms with Gasteiger partial charge in [-0.3, -0.25) is 43.2 Å². The van der Waals surface area contributed by atoms with Crippen molar-refractivity contribution in [1.82, 2.24) is 41.7 Å². The third-order valence-corrected chi connectivity index (χ3v) is 14.2. The topological polar surface area (TPSA) is 420 Å². The predicted molar refractivity (Wildman–Crippen MR) is 329 cm³/mol. The Hall–Kier alpha value is -9.19. The number of carbonyl (C=O) groups excluding carboxylic acids is 13. The number of primary amides is 1. The number of amides is 10. The minimum Gasteiger partial charge on any atom is -0.460 e. The third kappa shape index (κ3) is 26.0. The standard InChI is InChI=1S/C61H91N11O19/c1-16-45(74)69-49(51(33(4)5)91-61(85)87-31-41-24-26-42(27-25-41)68-54(78)43(62)23-20-28-65-60(63)84)59(83)90-50(32(2)3)48(55(79)64-12)70-53(77)37(9)71(13)56(80)35(7)66-52(76)36(8)72(14)57(81)44(30-40-21-18-17-19-22-40)89-58(82)47(67-39(11)73)38(10)88-46(75)29-34(6)86-15/h17-19,21-22,24-27,32-35,37-38,43-44,47-51H,8,16,20,23,28-31,62H2,1-7,9-15H3,(H,64,79)(H,66,76)(H,67,73)(H,68,78)(H,69,74)(H,70,77)(H3,63,65,84)/t34-,35+,37+,38-,43+,44-,47+,48+,49+,50-,51-/m1/s1. The molecule has 0 aliphatic carbocycles. The molecule has 11 N–H and O–H groups in total. The van der Waals surface area contributed by atoms with Crippen LogP contribution in [0.3, 0.4) is 0 Å². The van der Waals surface area contributed by atoms with Gasteiger partial charge >= 0.3 is 30.1 Å². The van der Waals surface area contributed by atoms with E-state index in [1.807, 2.05) is 0 Å². The molecule has 0 aliphatic rings. The van der Waals surface area contributed by atoms with Crippen LogP contribution >= 0.6 is 0 Å². The Balaban J connectivity index is 2.27. The van der Waals surface area contributed by atoms with E-state index in [1.54, 1.807) is 89.2 Å². The number of esters is 3. The summed E-state index contributed by atoms with van der Waals surface area (Å²) in [6.07, 6.45) is -7.42. The zero-order valence-corrected chi connectivity index (χ0v) is 54.2. The van der Waals surface area contributed by atoms with E-state index in [-0.39, 0.29) is 38.8 Å². The van der Waals surface area contributed by atoms with Crippen LogP contribution < -0.4 is 48.7 Å². The number of nitrogens with one attached hydrogen (secondary N) is 7. The van der Waals surface area contributed by atoms with Crippen LogP contribution in [0.1, 0.15) is 106 Å². The van der Waals surface area contributed by atoms with Crippen LogP contribution in [0, 0.1) is 11.8 Å². The van der Waals surface area contributed by atoms with Gasteiger partial charge in [0.05, 0.1) is 18.6 Å². The maximum Gasteiger partial charge on any atom is 0.508 e. The molecule has 10 amide bonds. The van der Waals surface area contributed by atoms with E-state index in [4.69, 9.17) is 39.9 Å². The molecule has 0 unspecified atom stereocenters. The summed E-state index contributed by atoms with van der Waals surface area (Å²) < 4.78 is 33.2. The van der Waals surface area contributed by atoms with Crippen molar-refractivity contribution >= 4 is 83.0 Å². The van der Waals surface area contributed by atoms with E-state index >= 15 is 0 Å². The van der Waals surface area contributed by atoms with Gasteiger partial charge < -0.3 is 86.9 Å². The SMILES string of the molecule is C=C(C(=O)N[C@@H](C)C(=O)N(C)[C@@H](C)C(=O)N[C@H](C(=O)NC)[C@H](OC(=O)[C@@H](NC(=O)CC)[C@H](OC(=O)OCc1ccc(NC(=O)[C@@H](N)CCCNC(N)=O)cc1)C(C)C)C(C)C)N(C)C(=O)[C@@H](Cc1ccccc1)OC(=O)[C@@H](NC(C)=O)[C@@H](C)OC(=O)C[C@@H](C)OC. The number of urea groups is 1. The van der Waals surface area contributed by atoms with Crippen LogP contribution in [0.25, 0.3) is 0 Å². The minimum absolute atomic E-state index is 0.116. The summed E-state index contributed by atoms with van der Waals surface area (Å²) in [4.78, 5) is 174. The second-order valence-electron chi connectivity index (χ2n) is 22.1. The maximum absolute atomic E-state index is 14.3. The Kier molecular flexibility index (Phi) is 32.9. The highest BCUT2D eigenvalue weighted by Gasteiger charge is 2.43. The minimum atomic E-state index is -1.68. The molecule has 11 atom stereocenters. The number of carbonyl (C=O) groups is 13. The monoisotopic (exact) mass is 1280 g/mol. The molecule has 2 aromatic carbocycles. The van der Waals surface area contributed by atoms with Gasteiger partial charge in [0.1, 0.15) is 48.7 Å². The summed E-state index contributed by atoms with van der Waals surface area (Å²) in [7, 11) is 5.06. The average Bonchev–Trinajstić information content (AvgIpc) is 1.19. The molecule has 0 saturated heterocycles. The lowest BCUT2D eigenvalue weighted by atomic mass is 9.96. The fourth-order valence-electron chi connectivity index (χ4n) is 8.50. The summed E-state index contributed by atoms with van der Waals surface area (Å²) >= 11 is 0. The van der Waals surface area contributed by atoms with Crippen molar-refractivity contribution < 1.29 is 90.8 Å². The van der Waals surface area contributed by atoms with Crippen LogP contribution in [0.4, 0.5) is 15.3 Å². The highest BCUT2D eigenvalue weighted by molar-refractivity contribution is 6.01. The number of ether oxygens (including phenoxy) is 6. The summed E-state index contributed by atoms with van der Waals surface area (Å²) in [5, 5.41) is 17.4. The number of hydrogen-bond donors (Lipinski definition) is 9. The molecule has 0 fully saturated rings. The number of likely N-dealkylation sites (N-methyl/N-ethyl adjacent to an activating group) is 3. The van der Waals surface area contributed by atoms with Crippen molar-refractivity contribution in [3.8, 4) is 0 Å². The van der Waals surface area contributed by atoms with Gasteiger partial charge in [-0.15, -0.1) is 0 Å². The number of anilines is 1. The summed E-state index contributed by atoms with van der Waals surface area (Å²) in [6, 6.07) is 5.30. The number of benzene rings is 2. The van der Waals surface area contributed by atoms with Crippen LogP contribution in [0.5, 0.6) is 0 Å². The first-order valence-electron chi connectivity index (χ1n) is 29.5. The van der Waals surface area contributed by atoms with Crippen molar-refractivity contribution in [3.05, 3.63) is 78.0 Å². The van der Waals surface area contributed by atoms with Crippen LogP contribution in [0.2, 0.25) is 0 Å². The van der Waals surface area contributed by atoms with Crippen LogP contribution in [0.15, 0.2) is 66.9 Å². The first-order chi connectivity index (χ1) is 42.7. The van der Waals surface area contributed by atoms with E-state index in [0.29, 0.717) is 23.2 Å². The molecule has 30 nitrogen and oxygen atoms in total. The Morgan fingerprint density at radius 1 is 0.670 bits per heavy atom. The molecular formula is C61H91N11O19. The van der Waals surface area contributed by atoms with Gasteiger partial charge in [-0.05, 0) is 75.6 Å². The van der Waals surface area contributed by atoms with Gasteiger partial charge in [-0.1, -0.05) is 83.7 Å². The highest BCUT2D eigenvalue weighted by atomic mass is 16.7. The largest absolute Gasteiger partial charge is 0.508 e. The summed E-state index contributed by atoms with van der Waals surface area (Å²) in [6.45, 7) is 18.2. The molecule has 2 aromatic rings. The van der Waals surface area contributed by atoms with Gasteiger partial charge in [0.25, 0.3) is 11.8 Å². The Bertz CT molecular complexity index is 2860. The third-order valence-electron chi connectivity index (χ3n) is 14.2. The molecule has 0 heterocycles. The number of methoxy groups -OCH3 is 1. The summed E-state index contributed by atoms with van der Waals surface area (Å²) in [5.41, 5.74) is 11.9. The van der Waals surface area contributed by atoms with Gasteiger partial charge in [0, 0.05) is 60.3 Å². The first-order valence-corrected chi connectivity index (χ1v) is 29.5. The normalized spacial score (nSPS) is 14.6. The van der Waals surface area contributed by atoms with Crippen molar-refractivity contribution in [3.63, 3.8) is 0 Å². The molecule has 504 valence electrons. The van der Waals surface area contributed by atoms with Gasteiger partial charge in [0.15, 0.2) is 18.2 Å². The molecule has 91 heavy (non-hydrogen) atoms. The quantitative estimate of drug-likeness (QED) is 0.0200. The van der Waals surface area contributed by atoms with Gasteiger partial charge in [-0.25, -0.2) is 19.2 Å². The maximum atomic E-state index is 14.3. The fourth-order valence-corrected chi connectivity index (χ4v) is 8.50. The van der Waals surface area contributed by atoms with E-state index in [0.717, 1.165) is 16.7 Å². The van der Waals surface area contributed by atoms with E-state index in [1.165, 1.54) is 55.9 Å². The fraction of sp³-hybridized carbons (Fsp3) is 0.557. The molecule has 0 bridgehead atoms.